The molecule has 0 unspecified atom stereocenters. The van der Waals surface area contributed by atoms with Crippen molar-refractivity contribution >= 4 is 46.7 Å². The molecule has 8 nitrogen and oxygen atoms in total. The Labute approximate surface area is 225 Å². The maximum Gasteiger partial charge on any atom is 0.340 e. The Morgan fingerprint density at radius 1 is 0.921 bits per heavy atom. The minimum absolute atomic E-state index is 0.0497. The van der Waals surface area contributed by atoms with Gasteiger partial charge in [0.15, 0.2) is 0 Å². The van der Waals surface area contributed by atoms with E-state index < -0.39 is 23.7 Å². The first-order valence-electron chi connectivity index (χ1n) is 12.1. The van der Waals surface area contributed by atoms with Gasteiger partial charge in [-0.2, -0.15) is 0 Å². The zero-order chi connectivity index (χ0) is 27.1. The number of carbonyl (C=O) groups is 4. The molecule has 0 spiro atoms. The predicted octanol–water partition coefficient (Wildman–Crippen LogP) is 4.98. The molecule has 1 aliphatic heterocycles. The second kappa shape index (κ2) is 12.2. The van der Waals surface area contributed by atoms with Crippen molar-refractivity contribution in [1.82, 2.24) is 4.90 Å². The zero-order valence-electron chi connectivity index (χ0n) is 20.7. The van der Waals surface area contributed by atoms with Crippen LogP contribution in [-0.2, 0) is 20.7 Å². The number of benzene rings is 3. The quantitative estimate of drug-likeness (QED) is 0.282. The van der Waals surface area contributed by atoms with Crippen LogP contribution in [0.15, 0.2) is 89.6 Å². The van der Waals surface area contributed by atoms with E-state index in [1.165, 1.54) is 6.07 Å². The minimum Gasteiger partial charge on any atom is -0.462 e. The number of nitrogens with zero attached hydrogens (tertiary/aromatic N) is 1. The molecule has 0 radical (unpaired) electrons. The largest absolute Gasteiger partial charge is 0.462 e. The molecule has 0 bridgehead atoms. The fourth-order valence-corrected chi connectivity index (χ4v) is 4.09. The van der Waals surface area contributed by atoms with Crippen molar-refractivity contribution in [3.8, 4) is 0 Å². The number of hydrogen-bond donors (Lipinski definition) is 2. The molecule has 3 amide bonds. The molecule has 0 saturated heterocycles. The summed E-state index contributed by atoms with van der Waals surface area (Å²) < 4.78 is 5.20. The van der Waals surface area contributed by atoms with Gasteiger partial charge in [0, 0.05) is 17.8 Å². The number of ether oxygens (including phenoxy) is 1. The highest BCUT2D eigenvalue weighted by atomic mass is 35.5. The standard InChI is InChI=1S/C29H26ClN3O5/c1-2-17-38-29(37)22-13-6-7-14-23(22)32-26(34)20-11-8-12-21(18-20)31-25-24(30)27(35)33(28(25)36)16-15-19-9-4-3-5-10-19/h3-14,18,31H,2,15-17H2,1H3,(H,32,34). The molecule has 9 heteroatoms. The van der Waals surface area contributed by atoms with Crippen LogP contribution in [0, 0.1) is 0 Å². The van der Waals surface area contributed by atoms with Gasteiger partial charge in [-0.3, -0.25) is 19.3 Å². The van der Waals surface area contributed by atoms with Crippen molar-refractivity contribution in [2.75, 3.05) is 23.8 Å². The molecule has 4 rings (SSSR count). The van der Waals surface area contributed by atoms with Gasteiger partial charge < -0.3 is 15.4 Å². The van der Waals surface area contributed by atoms with E-state index in [9.17, 15) is 19.2 Å². The number of nitrogens with one attached hydrogen (secondary N) is 2. The van der Waals surface area contributed by atoms with E-state index in [1.54, 1.807) is 42.5 Å². The number of amides is 3. The molecule has 194 valence electrons. The Hall–Kier alpha value is -4.43. The number of imide groups is 1. The molecular weight excluding hydrogens is 506 g/mol. The summed E-state index contributed by atoms with van der Waals surface area (Å²) in [5.74, 6) is -2.11. The first-order valence-corrected chi connectivity index (χ1v) is 12.5. The molecule has 0 aromatic heterocycles. The van der Waals surface area contributed by atoms with Gasteiger partial charge >= 0.3 is 5.97 Å². The molecule has 3 aromatic carbocycles. The summed E-state index contributed by atoms with van der Waals surface area (Å²) in [6.45, 7) is 2.35. The molecule has 0 saturated carbocycles. The predicted molar refractivity (Wildman–Crippen MR) is 145 cm³/mol. The molecule has 0 aliphatic carbocycles. The summed E-state index contributed by atoms with van der Waals surface area (Å²) in [5.41, 5.74) is 2.16. The van der Waals surface area contributed by atoms with E-state index in [0.29, 0.717) is 24.2 Å². The van der Waals surface area contributed by atoms with Gasteiger partial charge in [-0.25, -0.2) is 4.79 Å². The third kappa shape index (κ3) is 6.10. The average Bonchev–Trinajstić information content (AvgIpc) is 3.14. The lowest BCUT2D eigenvalue weighted by Gasteiger charge is -2.15. The van der Waals surface area contributed by atoms with Crippen molar-refractivity contribution in [1.29, 1.82) is 0 Å². The van der Waals surface area contributed by atoms with Crippen LogP contribution in [0.5, 0.6) is 0 Å². The van der Waals surface area contributed by atoms with Crippen LogP contribution in [0.3, 0.4) is 0 Å². The van der Waals surface area contributed by atoms with Gasteiger partial charge in [0.25, 0.3) is 17.7 Å². The second-order valence-electron chi connectivity index (χ2n) is 8.53. The fraction of sp³-hybridized carbons (Fsp3) is 0.172. The van der Waals surface area contributed by atoms with Crippen LogP contribution >= 0.6 is 11.6 Å². The Balaban J connectivity index is 1.45. The number of hydrogen-bond acceptors (Lipinski definition) is 6. The van der Waals surface area contributed by atoms with E-state index >= 15 is 0 Å². The van der Waals surface area contributed by atoms with Crippen LogP contribution in [0.1, 0.15) is 39.6 Å². The van der Waals surface area contributed by atoms with Crippen molar-refractivity contribution in [3.05, 3.63) is 106 Å². The fourth-order valence-electron chi connectivity index (χ4n) is 3.86. The van der Waals surface area contributed by atoms with E-state index in [4.69, 9.17) is 16.3 Å². The number of esters is 1. The highest BCUT2D eigenvalue weighted by molar-refractivity contribution is 6.48. The molecule has 1 aliphatic rings. The first kappa shape index (κ1) is 26.6. The van der Waals surface area contributed by atoms with Crippen molar-refractivity contribution in [3.63, 3.8) is 0 Å². The lowest BCUT2D eigenvalue weighted by atomic mass is 10.1. The smallest absolute Gasteiger partial charge is 0.340 e. The van der Waals surface area contributed by atoms with Crippen LogP contribution in [-0.4, -0.2) is 41.7 Å². The summed E-state index contributed by atoms with van der Waals surface area (Å²) in [6, 6.07) is 22.5. The highest BCUT2D eigenvalue weighted by Crippen LogP contribution is 2.26. The van der Waals surface area contributed by atoms with E-state index in [2.05, 4.69) is 10.6 Å². The maximum absolute atomic E-state index is 13.0. The summed E-state index contributed by atoms with van der Waals surface area (Å²) in [4.78, 5) is 52.1. The van der Waals surface area contributed by atoms with Gasteiger partial charge in [-0.05, 0) is 48.7 Å². The first-order chi connectivity index (χ1) is 18.4. The third-order valence-electron chi connectivity index (χ3n) is 5.80. The zero-order valence-corrected chi connectivity index (χ0v) is 21.5. The Morgan fingerprint density at radius 2 is 1.66 bits per heavy atom. The summed E-state index contributed by atoms with van der Waals surface area (Å²) >= 11 is 6.22. The summed E-state index contributed by atoms with van der Waals surface area (Å²) in [6.07, 6.45) is 1.18. The Morgan fingerprint density at radius 3 is 2.42 bits per heavy atom. The van der Waals surface area contributed by atoms with E-state index in [1.807, 2.05) is 37.3 Å². The van der Waals surface area contributed by atoms with Gasteiger partial charge in [0.1, 0.15) is 10.7 Å². The third-order valence-corrected chi connectivity index (χ3v) is 6.16. The molecular formula is C29H26ClN3O5. The van der Waals surface area contributed by atoms with E-state index in [-0.39, 0.29) is 35.0 Å². The molecule has 1 heterocycles. The van der Waals surface area contributed by atoms with Crippen molar-refractivity contribution in [2.24, 2.45) is 0 Å². The molecule has 38 heavy (non-hydrogen) atoms. The van der Waals surface area contributed by atoms with Gasteiger partial charge in [-0.15, -0.1) is 0 Å². The summed E-state index contributed by atoms with van der Waals surface area (Å²) in [7, 11) is 0. The van der Waals surface area contributed by atoms with Crippen molar-refractivity contribution in [2.45, 2.75) is 19.8 Å². The van der Waals surface area contributed by atoms with Crippen LogP contribution in [0.25, 0.3) is 0 Å². The minimum atomic E-state index is -0.574. The monoisotopic (exact) mass is 531 g/mol. The van der Waals surface area contributed by atoms with Crippen molar-refractivity contribution < 1.29 is 23.9 Å². The second-order valence-corrected chi connectivity index (χ2v) is 8.91. The average molecular weight is 532 g/mol. The molecule has 0 atom stereocenters. The lowest BCUT2D eigenvalue weighted by Crippen LogP contribution is -2.34. The van der Waals surface area contributed by atoms with Crippen LogP contribution in [0.4, 0.5) is 11.4 Å². The Kier molecular flexibility index (Phi) is 8.55. The van der Waals surface area contributed by atoms with Gasteiger partial charge in [-0.1, -0.05) is 67.1 Å². The number of rotatable bonds is 10. The van der Waals surface area contributed by atoms with Crippen LogP contribution < -0.4 is 10.6 Å². The van der Waals surface area contributed by atoms with Gasteiger partial charge in [0.05, 0.1) is 17.9 Å². The number of carbonyl (C=O) groups excluding carboxylic acids is 4. The highest BCUT2D eigenvalue weighted by Gasteiger charge is 2.37. The molecule has 2 N–H and O–H groups in total. The molecule has 3 aromatic rings. The van der Waals surface area contributed by atoms with E-state index in [0.717, 1.165) is 10.5 Å². The normalized spacial score (nSPS) is 13.1. The summed E-state index contributed by atoms with van der Waals surface area (Å²) in [5, 5.41) is 5.42. The maximum atomic E-state index is 13.0. The lowest BCUT2D eigenvalue weighted by molar-refractivity contribution is -0.137. The Bertz CT molecular complexity index is 1400. The SMILES string of the molecule is CCCOC(=O)c1ccccc1NC(=O)c1cccc(NC2=C(Cl)C(=O)N(CCc3ccccc3)C2=O)c1. The number of para-hydroxylation sites is 1. The number of halogens is 1. The number of anilines is 2. The topological polar surface area (TPSA) is 105 Å². The van der Waals surface area contributed by atoms with Gasteiger partial charge in [0.2, 0.25) is 0 Å². The van der Waals surface area contributed by atoms with Crippen LogP contribution in [0.2, 0.25) is 0 Å². The molecule has 0 fully saturated rings.